The molecule has 2 aromatic rings. The molecule has 118 valence electrons. The summed E-state index contributed by atoms with van der Waals surface area (Å²) < 4.78 is 11.4. The first-order valence-electron chi connectivity index (χ1n) is 6.60. The highest BCUT2D eigenvalue weighted by Gasteiger charge is 2.12. The number of rotatable bonds is 8. The van der Waals surface area contributed by atoms with Gasteiger partial charge in [0, 0.05) is 18.0 Å². The van der Waals surface area contributed by atoms with Gasteiger partial charge in [0.05, 0.1) is 11.6 Å². The molecule has 0 aliphatic heterocycles. The van der Waals surface area contributed by atoms with Crippen LogP contribution in [-0.4, -0.2) is 19.6 Å². The lowest BCUT2D eigenvalue weighted by atomic mass is 10.2. The Bertz CT molecular complexity index is 632. The maximum Gasteiger partial charge on any atom is 0.255 e. The summed E-state index contributed by atoms with van der Waals surface area (Å²) in [5, 5.41) is 5.43. The van der Waals surface area contributed by atoms with Crippen molar-refractivity contribution in [2.24, 2.45) is 5.73 Å². The zero-order valence-electron chi connectivity index (χ0n) is 12.1. The molecule has 0 aliphatic carbocycles. The summed E-state index contributed by atoms with van der Waals surface area (Å²) in [7, 11) is 1.56. The zero-order chi connectivity index (χ0) is 15.9. The lowest BCUT2D eigenvalue weighted by molar-refractivity contribution is -0.119. The number of methoxy groups -OCH3 is 1. The third kappa shape index (κ3) is 4.72. The van der Waals surface area contributed by atoms with Gasteiger partial charge in [-0.2, -0.15) is 0 Å². The van der Waals surface area contributed by atoms with Gasteiger partial charge in [0.1, 0.15) is 0 Å². The molecule has 0 bridgehead atoms. The number of primary amides is 1. The largest absolute Gasteiger partial charge is 0.493 e. The van der Waals surface area contributed by atoms with E-state index >= 15 is 0 Å². The van der Waals surface area contributed by atoms with E-state index in [1.54, 1.807) is 18.4 Å². The second kappa shape index (κ2) is 8.17. The van der Waals surface area contributed by atoms with E-state index < -0.39 is 5.91 Å². The highest BCUT2D eigenvalue weighted by Crippen LogP contribution is 2.36. The number of nitrogens with two attached hydrogens (primary N) is 1. The Balaban J connectivity index is 2.03. The average Bonchev–Trinajstić information content (AvgIpc) is 2.98. The Hall–Kier alpha value is -1.57. The fraction of sp³-hybridized carbons (Fsp3) is 0.267. The molecule has 1 heterocycles. The van der Waals surface area contributed by atoms with Crippen molar-refractivity contribution in [2.45, 2.75) is 13.1 Å². The maximum absolute atomic E-state index is 10.8. The maximum atomic E-state index is 10.8. The predicted molar refractivity (Wildman–Crippen MR) is 90.2 cm³/mol. The van der Waals surface area contributed by atoms with Crippen molar-refractivity contribution in [1.82, 2.24) is 5.32 Å². The third-order valence-corrected chi connectivity index (χ3v) is 4.32. The number of benzene rings is 1. The van der Waals surface area contributed by atoms with E-state index in [1.807, 2.05) is 18.2 Å². The average molecular weight is 385 g/mol. The summed E-state index contributed by atoms with van der Waals surface area (Å²) in [6.45, 7) is 1.32. The Morgan fingerprint density at radius 2 is 2.23 bits per heavy atom. The van der Waals surface area contributed by atoms with Crippen molar-refractivity contribution in [3.05, 3.63) is 44.6 Å². The Morgan fingerprint density at radius 3 is 2.86 bits per heavy atom. The number of ether oxygens (including phenoxy) is 2. The van der Waals surface area contributed by atoms with Gasteiger partial charge in [-0.1, -0.05) is 6.07 Å². The number of halogens is 1. The molecular formula is C15H17BrN2O3S. The first-order chi connectivity index (χ1) is 10.6. The van der Waals surface area contributed by atoms with Crippen LogP contribution in [0.2, 0.25) is 0 Å². The van der Waals surface area contributed by atoms with Crippen molar-refractivity contribution in [2.75, 3.05) is 13.7 Å². The standard InChI is InChI=1S/C15H17BrN2O3S/c1-20-13-6-10(7-18-8-11-3-2-4-22-11)5-12(16)15(13)21-9-14(17)19/h2-6,18H,7-9H2,1H3,(H2,17,19). The second-order valence-electron chi connectivity index (χ2n) is 4.55. The van der Waals surface area contributed by atoms with Crippen LogP contribution in [0, 0.1) is 0 Å². The lowest BCUT2D eigenvalue weighted by Gasteiger charge is -2.14. The fourth-order valence-electron chi connectivity index (χ4n) is 1.90. The fourth-order valence-corrected chi connectivity index (χ4v) is 3.18. The molecule has 7 heteroatoms. The quantitative estimate of drug-likeness (QED) is 0.733. The Morgan fingerprint density at radius 1 is 1.41 bits per heavy atom. The van der Waals surface area contributed by atoms with E-state index in [0.717, 1.165) is 16.6 Å². The summed E-state index contributed by atoms with van der Waals surface area (Å²) in [6, 6.07) is 7.93. The van der Waals surface area contributed by atoms with Crippen LogP contribution in [0.15, 0.2) is 34.1 Å². The SMILES string of the molecule is COc1cc(CNCc2cccs2)cc(Br)c1OCC(N)=O. The normalized spacial score (nSPS) is 10.5. The molecule has 0 saturated carbocycles. The number of hydrogen-bond acceptors (Lipinski definition) is 5. The van der Waals surface area contributed by atoms with Crippen molar-refractivity contribution in [3.8, 4) is 11.5 Å². The number of nitrogens with one attached hydrogen (secondary N) is 1. The molecule has 1 amide bonds. The van der Waals surface area contributed by atoms with Gasteiger partial charge in [0.2, 0.25) is 0 Å². The first kappa shape index (κ1) is 16.8. The first-order valence-corrected chi connectivity index (χ1v) is 8.28. The van der Waals surface area contributed by atoms with Gasteiger partial charge in [-0.25, -0.2) is 0 Å². The van der Waals surface area contributed by atoms with Gasteiger partial charge in [-0.15, -0.1) is 11.3 Å². The molecule has 0 fully saturated rings. The number of carbonyl (C=O) groups is 1. The molecule has 1 aromatic carbocycles. The van der Waals surface area contributed by atoms with Crippen LogP contribution in [0.25, 0.3) is 0 Å². The van der Waals surface area contributed by atoms with Crippen molar-refractivity contribution < 1.29 is 14.3 Å². The topological polar surface area (TPSA) is 73.6 Å². The minimum absolute atomic E-state index is 0.190. The van der Waals surface area contributed by atoms with Gasteiger partial charge >= 0.3 is 0 Å². The number of amides is 1. The lowest BCUT2D eigenvalue weighted by Crippen LogP contribution is -2.20. The summed E-state index contributed by atoms with van der Waals surface area (Å²) in [5.41, 5.74) is 6.14. The van der Waals surface area contributed by atoms with Crippen LogP contribution in [0.5, 0.6) is 11.5 Å². The van der Waals surface area contributed by atoms with Crippen LogP contribution >= 0.6 is 27.3 Å². The molecule has 0 radical (unpaired) electrons. The van der Waals surface area contributed by atoms with Crippen LogP contribution in [0.4, 0.5) is 0 Å². The van der Waals surface area contributed by atoms with E-state index in [2.05, 4.69) is 32.7 Å². The van der Waals surface area contributed by atoms with Gasteiger partial charge in [0.25, 0.3) is 5.91 Å². The smallest absolute Gasteiger partial charge is 0.255 e. The van der Waals surface area contributed by atoms with E-state index in [-0.39, 0.29) is 6.61 Å². The van der Waals surface area contributed by atoms with Crippen molar-refractivity contribution >= 4 is 33.2 Å². The van der Waals surface area contributed by atoms with Crippen LogP contribution in [-0.2, 0) is 17.9 Å². The van der Waals surface area contributed by atoms with Crippen LogP contribution < -0.4 is 20.5 Å². The van der Waals surface area contributed by atoms with Gasteiger partial charge in [-0.05, 0) is 45.1 Å². The van der Waals surface area contributed by atoms with E-state index in [1.165, 1.54) is 4.88 Å². The minimum Gasteiger partial charge on any atom is -0.493 e. The summed E-state index contributed by atoms with van der Waals surface area (Å²) in [5.74, 6) is 0.502. The third-order valence-electron chi connectivity index (χ3n) is 2.86. The number of thiophene rings is 1. The van der Waals surface area contributed by atoms with E-state index in [9.17, 15) is 4.79 Å². The van der Waals surface area contributed by atoms with Crippen molar-refractivity contribution in [3.63, 3.8) is 0 Å². The van der Waals surface area contributed by atoms with Crippen LogP contribution in [0.3, 0.4) is 0 Å². The van der Waals surface area contributed by atoms with Gasteiger partial charge < -0.3 is 20.5 Å². The molecule has 0 spiro atoms. The van der Waals surface area contributed by atoms with E-state index in [0.29, 0.717) is 18.0 Å². The monoisotopic (exact) mass is 384 g/mol. The van der Waals surface area contributed by atoms with E-state index in [4.69, 9.17) is 15.2 Å². The molecule has 1 aromatic heterocycles. The summed E-state index contributed by atoms with van der Waals surface area (Å²) in [4.78, 5) is 12.1. The molecular weight excluding hydrogens is 368 g/mol. The number of carbonyl (C=O) groups excluding carboxylic acids is 1. The molecule has 3 N–H and O–H groups in total. The molecule has 0 atom stereocenters. The van der Waals surface area contributed by atoms with Crippen molar-refractivity contribution in [1.29, 1.82) is 0 Å². The van der Waals surface area contributed by atoms with Gasteiger partial charge in [0.15, 0.2) is 18.1 Å². The molecule has 0 unspecified atom stereocenters. The zero-order valence-corrected chi connectivity index (χ0v) is 14.5. The number of hydrogen-bond donors (Lipinski definition) is 2. The highest BCUT2D eigenvalue weighted by atomic mass is 79.9. The Kier molecular flexibility index (Phi) is 6.23. The second-order valence-corrected chi connectivity index (χ2v) is 6.43. The molecule has 22 heavy (non-hydrogen) atoms. The molecule has 5 nitrogen and oxygen atoms in total. The Labute approximate surface area is 141 Å². The predicted octanol–water partition coefficient (Wildman–Crippen LogP) is 2.67. The molecule has 2 rings (SSSR count). The van der Waals surface area contributed by atoms with Gasteiger partial charge in [-0.3, -0.25) is 4.79 Å². The highest BCUT2D eigenvalue weighted by molar-refractivity contribution is 9.10. The summed E-state index contributed by atoms with van der Waals surface area (Å²) >= 11 is 5.16. The minimum atomic E-state index is -0.532. The summed E-state index contributed by atoms with van der Waals surface area (Å²) in [6.07, 6.45) is 0. The molecule has 0 saturated heterocycles. The van der Waals surface area contributed by atoms with Crippen LogP contribution in [0.1, 0.15) is 10.4 Å². The molecule has 0 aliphatic rings.